The van der Waals surface area contributed by atoms with E-state index in [-0.39, 0.29) is 0 Å². The van der Waals surface area contributed by atoms with Crippen molar-refractivity contribution < 1.29 is 9.47 Å². The largest absolute Gasteiger partial charge is 0.497 e. The van der Waals surface area contributed by atoms with E-state index in [9.17, 15) is 0 Å². The third-order valence-corrected chi connectivity index (χ3v) is 4.41. The first kappa shape index (κ1) is 18.2. The number of ether oxygens (including phenoxy) is 2. The topological polar surface area (TPSA) is 30.8 Å². The van der Waals surface area contributed by atoms with Gasteiger partial charge in [0.1, 0.15) is 18.1 Å². The Morgan fingerprint density at radius 2 is 1.69 bits per heavy atom. The number of aryl methyl sites for hydroxylation is 1. The monoisotopic (exact) mass is 409 g/mol. The molecule has 0 aliphatic rings. The van der Waals surface area contributed by atoms with Crippen LogP contribution in [0.25, 0.3) is 0 Å². The summed E-state index contributed by atoms with van der Waals surface area (Å²) in [6.07, 6.45) is 1.82. The summed E-state index contributed by atoms with van der Waals surface area (Å²) in [5.41, 5.74) is 4.15. The van der Waals surface area contributed by atoms with Gasteiger partial charge in [0.05, 0.1) is 12.8 Å². The number of hydrogen-bond acceptors (Lipinski definition) is 3. The molecule has 3 aromatic carbocycles. The minimum atomic E-state index is 0.519. The number of nitrogens with zero attached hydrogens (tertiary/aromatic N) is 1. The van der Waals surface area contributed by atoms with Gasteiger partial charge >= 0.3 is 0 Å². The van der Waals surface area contributed by atoms with Gasteiger partial charge in [-0.25, -0.2) is 0 Å². The van der Waals surface area contributed by atoms with Gasteiger partial charge in [0.25, 0.3) is 0 Å². The second kappa shape index (κ2) is 8.68. The van der Waals surface area contributed by atoms with Gasteiger partial charge < -0.3 is 9.47 Å². The van der Waals surface area contributed by atoms with E-state index < -0.39 is 0 Å². The molecule has 0 N–H and O–H groups in total. The third-order valence-electron chi connectivity index (χ3n) is 3.91. The van der Waals surface area contributed by atoms with Gasteiger partial charge in [-0.2, -0.15) is 0 Å². The van der Waals surface area contributed by atoms with Crippen LogP contribution in [0.3, 0.4) is 0 Å². The molecule has 3 nitrogen and oxygen atoms in total. The summed E-state index contributed by atoms with van der Waals surface area (Å²) in [4.78, 5) is 4.54. The highest BCUT2D eigenvalue weighted by Crippen LogP contribution is 2.24. The van der Waals surface area contributed by atoms with Gasteiger partial charge in [0.15, 0.2) is 0 Å². The summed E-state index contributed by atoms with van der Waals surface area (Å²) in [5.74, 6) is 1.61. The Morgan fingerprint density at radius 1 is 0.962 bits per heavy atom. The Bertz CT molecular complexity index is 887. The third kappa shape index (κ3) is 4.96. The van der Waals surface area contributed by atoms with Crippen LogP contribution in [-0.4, -0.2) is 13.3 Å². The van der Waals surface area contributed by atoms with Crippen molar-refractivity contribution in [2.75, 3.05) is 7.11 Å². The molecule has 0 saturated carbocycles. The molecule has 0 aromatic heterocycles. The van der Waals surface area contributed by atoms with E-state index in [1.165, 1.54) is 5.56 Å². The SMILES string of the molecule is COc1ccc(N=Cc2cc(Br)ccc2OCc2ccc(C)cc2)cc1. The van der Waals surface area contributed by atoms with Gasteiger partial charge in [-0.05, 0) is 55.0 Å². The fourth-order valence-electron chi connectivity index (χ4n) is 2.41. The van der Waals surface area contributed by atoms with E-state index in [4.69, 9.17) is 9.47 Å². The molecule has 0 aliphatic heterocycles. The zero-order chi connectivity index (χ0) is 18.4. The summed E-state index contributed by atoms with van der Waals surface area (Å²) in [5, 5.41) is 0. The lowest BCUT2D eigenvalue weighted by molar-refractivity contribution is 0.306. The normalized spacial score (nSPS) is 10.9. The molecule has 3 aromatic rings. The summed E-state index contributed by atoms with van der Waals surface area (Å²) >= 11 is 3.51. The van der Waals surface area contributed by atoms with Crippen molar-refractivity contribution in [1.29, 1.82) is 0 Å². The van der Waals surface area contributed by atoms with E-state index in [1.807, 2.05) is 48.7 Å². The molecule has 132 valence electrons. The molecule has 0 saturated heterocycles. The predicted molar refractivity (Wildman–Crippen MR) is 110 cm³/mol. The van der Waals surface area contributed by atoms with Gasteiger partial charge in [-0.15, -0.1) is 0 Å². The van der Waals surface area contributed by atoms with Crippen molar-refractivity contribution in [1.82, 2.24) is 0 Å². The first-order valence-electron chi connectivity index (χ1n) is 8.30. The Labute approximate surface area is 162 Å². The quantitative estimate of drug-likeness (QED) is 0.460. The van der Waals surface area contributed by atoms with E-state index in [2.05, 4.69) is 52.1 Å². The zero-order valence-electron chi connectivity index (χ0n) is 14.8. The molecule has 0 bridgehead atoms. The summed E-state index contributed by atoms with van der Waals surface area (Å²) in [6, 6.07) is 21.9. The average Bonchev–Trinajstić information content (AvgIpc) is 2.67. The molecule has 0 atom stereocenters. The number of halogens is 1. The molecule has 0 heterocycles. The molecule has 4 heteroatoms. The van der Waals surface area contributed by atoms with Crippen LogP contribution in [0.4, 0.5) is 5.69 Å². The fraction of sp³-hybridized carbons (Fsp3) is 0.136. The number of benzene rings is 3. The van der Waals surface area contributed by atoms with Crippen LogP contribution in [-0.2, 0) is 6.61 Å². The second-order valence-corrected chi connectivity index (χ2v) is 6.83. The number of aliphatic imine (C=N–C) groups is 1. The molecule has 0 unspecified atom stereocenters. The van der Waals surface area contributed by atoms with E-state index in [1.54, 1.807) is 7.11 Å². The maximum atomic E-state index is 6.01. The van der Waals surface area contributed by atoms with Crippen molar-refractivity contribution in [3.63, 3.8) is 0 Å². The highest BCUT2D eigenvalue weighted by molar-refractivity contribution is 9.10. The lowest BCUT2D eigenvalue weighted by Gasteiger charge is -2.10. The Balaban J connectivity index is 1.76. The van der Waals surface area contributed by atoms with Crippen LogP contribution in [0, 0.1) is 6.92 Å². The Morgan fingerprint density at radius 3 is 2.38 bits per heavy atom. The van der Waals surface area contributed by atoms with Crippen LogP contribution in [0.2, 0.25) is 0 Å². The molecule has 0 fully saturated rings. The molecule has 0 radical (unpaired) electrons. The van der Waals surface area contributed by atoms with Crippen LogP contribution in [0.5, 0.6) is 11.5 Å². The number of rotatable bonds is 6. The maximum absolute atomic E-state index is 6.01. The average molecular weight is 410 g/mol. The van der Waals surface area contributed by atoms with Crippen LogP contribution >= 0.6 is 15.9 Å². The molecular formula is C22H20BrNO2. The maximum Gasteiger partial charge on any atom is 0.128 e. The number of methoxy groups -OCH3 is 1. The van der Waals surface area contributed by atoms with E-state index in [0.29, 0.717) is 6.61 Å². The van der Waals surface area contributed by atoms with Crippen molar-refractivity contribution in [2.45, 2.75) is 13.5 Å². The molecule has 3 rings (SSSR count). The highest BCUT2D eigenvalue weighted by Gasteiger charge is 2.04. The van der Waals surface area contributed by atoms with E-state index in [0.717, 1.165) is 32.8 Å². The lowest BCUT2D eigenvalue weighted by atomic mass is 10.1. The molecule has 26 heavy (non-hydrogen) atoms. The predicted octanol–water partition coefficient (Wildman–Crippen LogP) is 6.10. The Hall–Kier alpha value is -2.59. The van der Waals surface area contributed by atoms with Gasteiger partial charge in [-0.1, -0.05) is 45.8 Å². The summed E-state index contributed by atoms with van der Waals surface area (Å²) in [6.45, 7) is 2.60. The minimum absolute atomic E-state index is 0.519. The fourth-order valence-corrected chi connectivity index (χ4v) is 2.79. The van der Waals surface area contributed by atoms with Crippen LogP contribution in [0.15, 0.2) is 76.2 Å². The lowest BCUT2D eigenvalue weighted by Crippen LogP contribution is -1.98. The minimum Gasteiger partial charge on any atom is -0.497 e. The van der Waals surface area contributed by atoms with Crippen molar-refractivity contribution in [2.24, 2.45) is 4.99 Å². The van der Waals surface area contributed by atoms with Crippen molar-refractivity contribution in [3.05, 3.63) is 87.9 Å². The zero-order valence-corrected chi connectivity index (χ0v) is 16.4. The molecule has 0 spiro atoms. The smallest absolute Gasteiger partial charge is 0.128 e. The second-order valence-electron chi connectivity index (χ2n) is 5.91. The summed E-state index contributed by atoms with van der Waals surface area (Å²) in [7, 11) is 1.65. The molecule has 0 amide bonds. The molecule has 0 aliphatic carbocycles. The van der Waals surface area contributed by atoms with Crippen LogP contribution in [0.1, 0.15) is 16.7 Å². The van der Waals surface area contributed by atoms with Crippen LogP contribution < -0.4 is 9.47 Å². The summed E-state index contributed by atoms with van der Waals surface area (Å²) < 4.78 is 12.2. The van der Waals surface area contributed by atoms with Crippen molar-refractivity contribution >= 4 is 27.8 Å². The van der Waals surface area contributed by atoms with Gasteiger partial charge in [-0.3, -0.25) is 4.99 Å². The van der Waals surface area contributed by atoms with Gasteiger partial charge in [0, 0.05) is 16.3 Å². The number of hydrogen-bond donors (Lipinski definition) is 0. The highest BCUT2D eigenvalue weighted by atomic mass is 79.9. The standard InChI is InChI=1S/C22H20BrNO2/c1-16-3-5-17(6-4-16)15-26-22-12-7-19(23)13-18(22)14-24-20-8-10-21(25-2)11-9-20/h3-14H,15H2,1-2H3. The van der Waals surface area contributed by atoms with Gasteiger partial charge in [0.2, 0.25) is 0 Å². The molecular weight excluding hydrogens is 390 g/mol. The first-order valence-corrected chi connectivity index (χ1v) is 9.09. The van der Waals surface area contributed by atoms with E-state index >= 15 is 0 Å². The van der Waals surface area contributed by atoms with Crippen molar-refractivity contribution in [3.8, 4) is 11.5 Å². The Kier molecular flexibility index (Phi) is 6.08. The first-order chi connectivity index (χ1) is 12.6.